The van der Waals surface area contributed by atoms with Crippen LogP contribution < -0.4 is 0 Å². The molecule has 0 aliphatic rings. The lowest BCUT2D eigenvalue weighted by Crippen LogP contribution is -1.88. The van der Waals surface area contributed by atoms with Crippen LogP contribution in [0.4, 0.5) is 0 Å². The van der Waals surface area contributed by atoms with Gasteiger partial charge in [-0.05, 0) is 13.3 Å². The average molecular weight is 219 g/mol. The Kier molecular flexibility index (Phi) is 10.2. The van der Waals surface area contributed by atoms with Crippen LogP contribution in [0.2, 0.25) is 0 Å². The zero-order valence-electron chi connectivity index (χ0n) is 11.5. The van der Waals surface area contributed by atoms with Crippen LogP contribution >= 0.6 is 0 Å². The summed E-state index contributed by atoms with van der Waals surface area (Å²) in [6.07, 6.45) is 17.4. The van der Waals surface area contributed by atoms with Gasteiger partial charge < -0.3 is 0 Å². The molecule has 0 amide bonds. The molecule has 0 heterocycles. The van der Waals surface area contributed by atoms with Crippen molar-refractivity contribution in [3.63, 3.8) is 0 Å². The first-order chi connectivity index (χ1) is 7.79. The highest BCUT2D eigenvalue weighted by molar-refractivity contribution is 5.38. The third kappa shape index (κ3) is 6.66. The van der Waals surface area contributed by atoms with E-state index in [1.54, 1.807) is 0 Å². The molecule has 0 saturated heterocycles. The third-order valence-corrected chi connectivity index (χ3v) is 2.74. The quantitative estimate of drug-likeness (QED) is 0.282. The van der Waals surface area contributed by atoms with Crippen molar-refractivity contribution in [2.45, 2.75) is 66.2 Å². The number of unbranched alkanes of at least 4 members (excludes halogenated alkanes) is 3. The highest BCUT2D eigenvalue weighted by Crippen LogP contribution is 2.19. The van der Waals surface area contributed by atoms with E-state index >= 15 is 0 Å². The molecule has 0 unspecified atom stereocenters. The summed E-state index contributed by atoms with van der Waals surface area (Å²) in [7, 11) is 0. The normalized spacial score (nSPS) is 13.8. The molecule has 0 atom stereocenters. The molecule has 0 heteroatoms. The zero-order chi connectivity index (χ0) is 12.2. The number of hydrogen-bond acceptors (Lipinski definition) is 0. The van der Waals surface area contributed by atoms with Crippen molar-refractivity contribution in [1.82, 2.24) is 0 Å². The molecular weight excluding hydrogens is 192 g/mol. The van der Waals surface area contributed by atoms with Gasteiger partial charge in [-0.25, -0.2) is 6.08 Å². The summed E-state index contributed by atoms with van der Waals surface area (Å²) < 4.78 is 0. The second-order valence-electron chi connectivity index (χ2n) is 4.15. The molecule has 0 N–H and O–H groups in total. The van der Waals surface area contributed by atoms with Crippen molar-refractivity contribution >= 4 is 0 Å². The Morgan fingerprint density at radius 3 is 2.31 bits per heavy atom. The average Bonchev–Trinajstić information content (AvgIpc) is 2.30. The maximum absolute atomic E-state index is 3.15. The maximum atomic E-state index is 3.15. The Morgan fingerprint density at radius 2 is 1.81 bits per heavy atom. The summed E-state index contributed by atoms with van der Waals surface area (Å²) in [5, 5.41) is 0. The van der Waals surface area contributed by atoms with E-state index in [1.807, 2.05) is 6.92 Å². The Morgan fingerprint density at radius 1 is 1.12 bits per heavy atom. The van der Waals surface area contributed by atoms with E-state index in [-0.39, 0.29) is 0 Å². The number of rotatable bonds is 8. The standard InChI is InChI=1S/C16H27/c1-5-9-11-14-16(12-7-3)15(8-4)13-10-6-2/h8,12,14H,5-6,9-11,13H2,1-4H3/q-1/b15-8+,16-14+. The van der Waals surface area contributed by atoms with Crippen LogP contribution in [0.1, 0.15) is 66.2 Å². The van der Waals surface area contributed by atoms with Gasteiger partial charge in [0.2, 0.25) is 0 Å². The van der Waals surface area contributed by atoms with Crippen molar-refractivity contribution in [2.75, 3.05) is 0 Å². The van der Waals surface area contributed by atoms with E-state index < -0.39 is 0 Å². The minimum absolute atomic E-state index is 1.19. The summed E-state index contributed by atoms with van der Waals surface area (Å²) >= 11 is 0. The van der Waals surface area contributed by atoms with E-state index in [0.717, 1.165) is 0 Å². The molecule has 0 aromatic carbocycles. The Balaban J connectivity index is 4.53. The topological polar surface area (TPSA) is 0 Å². The lowest BCUT2D eigenvalue weighted by atomic mass is 9.98. The Hall–Kier alpha value is -0.780. The predicted octanol–water partition coefficient (Wildman–Crippen LogP) is 5.62. The van der Waals surface area contributed by atoms with Crippen LogP contribution in [0, 0.1) is 6.08 Å². The Labute approximate surface area is 102 Å². The van der Waals surface area contributed by atoms with Gasteiger partial charge in [0.1, 0.15) is 0 Å². The van der Waals surface area contributed by atoms with Crippen LogP contribution in [0.15, 0.2) is 29.4 Å². The summed E-state index contributed by atoms with van der Waals surface area (Å²) in [4.78, 5) is 0. The molecule has 0 spiro atoms. The first-order valence-corrected chi connectivity index (χ1v) is 6.66. The second-order valence-corrected chi connectivity index (χ2v) is 4.15. The first-order valence-electron chi connectivity index (χ1n) is 6.66. The van der Waals surface area contributed by atoms with Gasteiger partial charge in [0.15, 0.2) is 0 Å². The van der Waals surface area contributed by atoms with Crippen LogP contribution in [0.5, 0.6) is 0 Å². The minimum Gasteiger partial charge on any atom is -0.278 e. The second kappa shape index (κ2) is 10.7. The monoisotopic (exact) mass is 219 g/mol. The highest BCUT2D eigenvalue weighted by Gasteiger charge is 1.93. The van der Waals surface area contributed by atoms with Crippen molar-refractivity contribution in [3.05, 3.63) is 35.5 Å². The fraction of sp³-hybridized carbons (Fsp3) is 0.625. The summed E-state index contributed by atoms with van der Waals surface area (Å²) in [6.45, 7) is 8.60. The lowest BCUT2D eigenvalue weighted by Gasteiger charge is -2.16. The van der Waals surface area contributed by atoms with E-state index in [2.05, 4.69) is 45.1 Å². The fourth-order valence-corrected chi connectivity index (χ4v) is 1.72. The van der Waals surface area contributed by atoms with Crippen LogP contribution in [-0.2, 0) is 0 Å². The summed E-state index contributed by atoms with van der Waals surface area (Å²) in [5.74, 6) is 0. The molecule has 0 radical (unpaired) electrons. The molecule has 16 heavy (non-hydrogen) atoms. The van der Waals surface area contributed by atoms with Crippen molar-refractivity contribution in [2.24, 2.45) is 0 Å². The van der Waals surface area contributed by atoms with E-state index in [9.17, 15) is 0 Å². The third-order valence-electron chi connectivity index (χ3n) is 2.74. The molecular formula is C16H27-. The molecule has 92 valence electrons. The molecule has 0 saturated carbocycles. The molecule has 0 aromatic heterocycles. The molecule has 0 fully saturated rings. The van der Waals surface area contributed by atoms with Gasteiger partial charge in [0, 0.05) is 0 Å². The molecule has 0 aliphatic heterocycles. The van der Waals surface area contributed by atoms with Gasteiger partial charge in [-0.1, -0.05) is 46.0 Å². The van der Waals surface area contributed by atoms with Gasteiger partial charge in [0.25, 0.3) is 0 Å². The minimum atomic E-state index is 1.19. The first kappa shape index (κ1) is 15.2. The number of allylic oxidation sites excluding steroid dienone is 6. The SMILES string of the molecule is C[C-]=CC(=C\CCCC)/C(=C/C)CCCC. The van der Waals surface area contributed by atoms with E-state index in [1.165, 1.54) is 49.7 Å². The van der Waals surface area contributed by atoms with Crippen LogP contribution in [0.3, 0.4) is 0 Å². The van der Waals surface area contributed by atoms with Crippen LogP contribution in [0.25, 0.3) is 0 Å². The molecule has 0 nitrogen and oxygen atoms in total. The predicted molar refractivity (Wildman–Crippen MR) is 74.4 cm³/mol. The number of hydrogen-bond donors (Lipinski definition) is 0. The molecule has 0 aromatic rings. The van der Waals surface area contributed by atoms with Crippen molar-refractivity contribution < 1.29 is 0 Å². The van der Waals surface area contributed by atoms with Gasteiger partial charge in [-0.3, -0.25) is 6.08 Å². The Bertz CT molecular complexity index is 241. The highest BCUT2D eigenvalue weighted by atomic mass is 14.1. The van der Waals surface area contributed by atoms with Crippen molar-refractivity contribution in [3.8, 4) is 0 Å². The van der Waals surface area contributed by atoms with Gasteiger partial charge >= 0.3 is 0 Å². The zero-order valence-corrected chi connectivity index (χ0v) is 11.5. The molecule has 0 bridgehead atoms. The smallest absolute Gasteiger partial charge is 0.0445 e. The fourth-order valence-electron chi connectivity index (χ4n) is 1.72. The molecule has 0 aliphatic carbocycles. The summed E-state index contributed by atoms with van der Waals surface area (Å²) in [5.41, 5.74) is 2.86. The van der Waals surface area contributed by atoms with Crippen molar-refractivity contribution in [1.29, 1.82) is 0 Å². The largest absolute Gasteiger partial charge is 0.278 e. The van der Waals surface area contributed by atoms with Gasteiger partial charge in [-0.2, -0.15) is 11.6 Å². The lowest BCUT2D eigenvalue weighted by molar-refractivity contribution is 0.786. The maximum Gasteiger partial charge on any atom is -0.0445 e. The van der Waals surface area contributed by atoms with E-state index in [0.29, 0.717) is 0 Å². The molecule has 0 rings (SSSR count). The van der Waals surface area contributed by atoms with Crippen LogP contribution in [-0.4, -0.2) is 0 Å². The van der Waals surface area contributed by atoms with Gasteiger partial charge in [-0.15, -0.1) is 18.6 Å². The summed E-state index contributed by atoms with van der Waals surface area (Å²) in [6, 6.07) is 0. The van der Waals surface area contributed by atoms with E-state index in [4.69, 9.17) is 0 Å². The van der Waals surface area contributed by atoms with Gasteiger partial charge in [0.05, 0.1) is 0 Å².